The van der Waals surface area contributed by atoms with Crippen LogP contribution in [-0.4, -0.2) is 44.2 Å². The van der Waals surface area contributed by atoms with E-state index in [1.807, 2.05) is 6.92 Å². The van der Waals surface area contributed by atoms with E-state index in [1.165, 1.54) is 0 Å². The van der Waals surface area contributed by atoms with Crippen molar-refractivity contribution in [2.24, 2.45) is 0 Å². The van der Waals surface area contributed by atoms with Crippen molar-refractivity contribution in [1.82, 2.24) is 0 Å². The van der Waals surface area contributed by atoms with Crippen LogP contribution in [-0.2, 0) is 28.5 Å². The Morgan fingerprint density at radius 2 is 1.85 bits per heavy atom. The van der Waals surface area contributed by atoms with Crippen LogP contribution >= 0.6 is 0 Å². The molecule has 0 amide bonds. The topological polar surface area (TPSA) is 71.1 Å². The Hall–Kier alpha value is -1.14. The number of hydrogen-bond acceptors (Lipinski definition) is 6. The largest absolute Gasteiger partial charge is 0.461 e. The number of methoxy groups -OCH3 is 1. The monoisotopic (exact) mass is 290 g/mol. The lowest BCUT2D eigenvalue weighted by atomic mass is 10.2. The van der Waals surface area contributed by atoms with Gasteiger partial charge >= 0.3 is 17.7 Å². The third-order valence-corrected chi connectivity index (χ3v) is 2.88. The van der Waals surface area contributed by atoms with Crippen LogP contribution in [0.1, 0.15) is 47.0 Å². The number of hydrogen-bond donors (Lipinski definition) is 0. The highest BCUT2D eigenvalue weighted by atomic mass is 16.7. The minimum atomic E-state index is -1.64. The molecule has 2 atom stereocenters. The summed E-state index contributed by atoms with van der Waals surface area (Å²) in [6.07, 6.45) is 0.924. The molecule has 0 aromatic rings. The number of rotatable bonds is 10. The van der Waals surface area contributed by atoms with Crippen molar-refractivity contribution in [1.29, 1.82) is 0 Å². The second-order valence-electron chi connectivity index (χ2n) is 4.34. The van der Waals surface area contributed by atoms with Gasteiger partial charge in [-0.3, -0.25) is 4.79 Å². The van der Waals surface area contributed by atoms with Crippen molar-refractivity contribution < 1.29 is 28.5 Å². The first-order chi connectivity index (χ1) is 9.45. The third-order valence-electron chi connectivity index (χ3n) is 2.88. The zero-order chi connectivity index (χ0) is 15.6. The molecule has 0 saturated heterocycles. The van der Waals surface area contributed by atoms with E-state index in [9.17, 15) is 9.59 Å². The maximum atomic E-state index is 12.1. The van der Waals surface area contributed by atoms with Crippen molar-refractivity contribution in [3.8, 4) is 0 Å². The van der Waals surface area contributed by atoms with E-state index in [0.717, 1.165) is 0 Å². The smallest absolute Gasteiger partial charge is 0.379 e. The highest BCUT2D eigenvalue weighted by Crippen LogP contribution is 2.21. The Morgan fingerprint density at radius 3 is 2.30 bits per heavy atom. The third kappa shape index (κ3) is 5.88. The second-order valence-corrected chi connectivity index (χ2v) is 4.34. The fourth-order valence-corrected chi connectivity index (χ4v) is 1.48. The molecule has 0 N–H and O–H groups in total. The highest BCUT2D eigenvalue weighted by Gasteiger charge is 2.43. The van der Waals surface area contributed by atoms with E-state index < -0.39 is 17.7 Å². The summed E-state index contributed by atoms with van der Waals surface area (Å²) >= 11 is 0. The zero-order valence-corrected chi connectivity index (χ0v) is 13.1. The molecule has 0 spiro atoms. The first kappa shape index (κ1) is 18.9. The Morgan fingerprint density at radius 1 is 1.20 bits per heavy atom. The van der Waals surface area contributed by atoms with Gasteiger partial charge in [0.2, 0.25) is 0 Å². The summed E-state index contributed by atoms with van der Waals surface area (Å²) in [5.41, 5.74) is 0. The molecule has 2 unspecified atom stereocenters. The molecule has 0 radical (unpaired) electrons. The van der Waals surface area contributed by atoms with Crippen LogP contribution in [0.2, 0.25) is 0 Å². The average Bonchev–Trinajstić information content (AvgIpc) is 2.45. The molecule has 0 saturated carbocycles. The van der Waals surface area contributed by atoms with E-state index in [4.69, 9.17) is 18.9 Å². The van der Waals surface area contributed by atoms with Gasteiger partial charge in [0.15, 0.2) is 0 Å². The fourth-order valence-electron chi connectivity index (χ4n) is 1.48. The van der Waals surface area contributed by atoms with Gasteiger partial charge in [0.05, 0.1) is 12.7 Å². The Kier molecular flexibility index (Phi) is 9.16. The summed E-state index contributed by atoms with van der Waals surface area (Å²) in [5, 5.41) is 0. The minimum absolute atomic E-state index is 0.0101. The summed E-state index contributed by atoms with van der Waals surface area (Å²) < 4.78 is 20.7. The van der Waals surface area contributed by atoms with Crippen LogP contribution < -0.4 is 0 Å². The van der Waals surface area contributed by atoms with Crippen molar-refractivity contribution in [2.45, 2.75) is 58.8 Å². The molecule has 0 aliphatic carbocycles. The molecule has 20 heavy (non-hydrogen) atoms. The van der Waals surface area contributed by atoms with E-state index in [-0.39, 0.29) is 32.2 Å². The van der Waals surface area contributed by atoms with Crippen LogP contribution in [0.3, 0.4) is 0 Å². The normalized spacial score (nSPS) is 15.2. The lowest BCUT2D eigenvalue weighted by Gasteiger charge is -2.29. The van der Waals surface area contributed by atoms with Gasteiger partial charge in [0.25, 0.3) is 0 Å². The fraction of sp³-hybridized carbons (Fsp3) is 0.857. The van der Waals surface area contributed by atoms with Gasteiger partial charge in [-0.25, -0.2) is 4.79 Å². The first-order valence-electron chi connectivity index (χ1n) is 7.01. The minimum Gasteiger partial charge on any atom is -0.461 e. The SMILES string of the molecule is CCOC(CC)(OC(=O)CC)C(=O)OCCC(C)OC. The van der Waals surface area contributed by atoms with Crippen LogP contribution in [0, 0.1) is 0 Å². The zero-order valence-electron chi connectivity index (χ0n) is 13.1. The predicted octanol–water partition coefficient (Wildman–Crippen LogP) is 2.05. The summed E-state index contributed by atoms with van der Waals surface area (Å²) in [4.78, 5) is 23.6. The Balaban J connectivity index is 4.66. The van der Waals surface area contributed by atoms with Crippen LogP contribution in [0.5, 0.6) is 0 Å². The summed E-state index contributed by atoms with van der Waals surface area (Å²) in [5.74, 6) is -2.81. The molecule has 6 nitrogen and oxygen atoms in total. The number of ether oxygens (including phenoxy) is 4. The Bertz CT molecular complexity index is 304. The highest BCUT2D eigenvalue weighted by molar-refractivity contribution is 5.82. The van der Waals surface area contributed by atoms with Crippen molar-refractivity contribution in [2.75, 3.05) is 20.3 Å². The summed E-state index contributed by atoms with van der Waals surface area (Å²) in [6, 6.07) is 0. The molecule has 0 bridgehead atoms. The predicted molar refractivity (Wildman–Crippen MR) is 73.1 cm³/mol. The maximum absolute atomic E-state index is 12.1. The van der Waals surface area contributed by atoms with Crippen LogP contribution in [0.15, 0.2) is 0 Å². The van der Waals surface area contributed by atoms with Crippen LogP contribution in [0.4, 0.5) is 0 Å². The van der Waals surface area contributed by atoms with Gasteiger partial charge in [-0.2, -0.15) is 0 Å². The molecule has 0 aromatic heterocycles. The molecule has 6 heteroatoms. The second kappa shape index (κ2) is 9.72. The summed E-state index contributed by atoms with van der Waals surface area (Å²) in [6.45, 7) is 7.39. The lowest BCUT2D eigenvalue weighted by molar-refractivity contribution is -0.243. The molecule has 0 aromatic carbocycles. The maximum Gasteiger partial charge on any atom is 0.379 e. The average molecular weight is 290 g/mol. The van der Waals surface area contributed by atoms with Crippen molar-refractivity contribution in [3.05, 3.63) is 0 Å². The molecular weight excluding hydrogens is 264 g/mol. The number of carbonyl (C=O) groups is 2. The van der Waals surface area contributed by atoms with Gasteiger partial charge < -0.3 is 18.9 Å². The molecule has 0 heterocycles. The van der Waals surface area contributed by atoms with E-state index in [2.05, 4.69) is 0 Å². The number of carbonyl (C=O) groups excluding carboxylic acids is 2. The van der Waals surface area contributed by atoms with Crippen molar-refractivity contribution in [3.63, 3.8) is 0 Å². The quantitative estimate of drug-likeness (QED) is 0.453. The standard InChI is InChI=1S/C14H26O6/c1-6-12(15)20-14(7-2,19-8-3)13(16)18-10-9-11(4)17-5/h11H,6-10H2,1-5H3. The van der Waals surface area contributed by atoms with Gasteiger partial charge in [0, 0.05) is 33.0 Å². The van der Waals surface area contributed by atoms with Crippen LogP contribution in [0.25, 0.3) is 0 Å². The lowest BCUT2D eigenvalue weighted by Crippen LogP contribution is -2.47. The van der Waals surface area contributed by atoms with Gasteiger partial charge in [-0.15, -0.1) is 0 Å². The van der Waals surface area contributed by atoms with E-state index in [0.29, 0.717) is 6.42 Å². The number of esters is 2. The van der Waals surface area contributed by atoms with Gasteiger partial charge in [0.1, 0.15) is 0 Å². The molecule has 0 aliphatic heterocycles. The molecule has 118 valence electrons. The van der Waals surface area contributed by atoms with E-state index >= 15 is 0 Å². The molecule has 0 fully saturated rings. The molecular formula is C14H26O6. The van der Waals surface area contributed by atoms with Crippen molar-refractivity contribution >= 4 is 11.9 Å². The van der Waals surface area contributed by atoms with Gasteiger partial charge in [-0.1, -0.05) is 13.8 Å². The molecule has 0 aliphatic rings. The molecule has 0 rings (SSSR count). The Labute approximate surface area is 120 Å². The summed E-state index contributed by atoms with van der Waals surface area (Å²) in [7, 11) is 1.59. The first-order valence-corrected chi connectivity index (χ1v) is 7.01. The van der Waals surface area contributed by atoms with E-state index in [1.54, 1.807) is 27.9 Å². The van der Waals surface area contributed by atoms with Gasteiger partial charge in [-0.05, 0) is 13.8 Å².